The number of aryl methyl sites for hydroxylation is 2. The van der Waals surface area contributed by atoms with Crippen molar-refractivity contribution in [1.82, 2.24) is 29.9 Å². The smallest absolute Gasteiger partial charge is 0.226 e. The molecule has 0 spiro atoms. The van der Waals surface area contributed by atoms with Crippen molar-refractivity contribution >= 4 is 12.4 Å². The van der Waals surface area contributed by atoms with E-state index in [0.29, 0.717) is 12.4 Å². The van der Waals surface area contributed by atoms with Crippen LogP contribution in [0.25, 0.3) is 0 Å². The Labute approximate surface area is 130 Å². The first-order valence-electron chi connectivity index (χ1n) is 7.01. The average Bonchev–Trinajstić information content (AvgIpc) is 3.08. The third-order valence-corrected chi connectivity index (χ3v) is 3.67. The third kappa shape index (κ3) is 3.42. The van der Waals surface area contributed by atoms with Crippen molar-refractivity contribution in [3.05, 3.63) is 29.9 Å². The van der Waals surface area contributed by atoms with Gasteiger partial charge in [0, 0.05) is 45.5 Å². The summed E-state index contributed by atoms with van der Waals surface area (Å²) in [5.74, 6) is 2.52. The molecule has 0 radical (unpaired) electrons. The molecule has 116 valence electrons. The van der Waals surface area contributed by atoms with Crippen molar-refractivity contribution in [2.24, 2.45) is 7.05 Å². The number of aromatic nitrogens is 4. The number of nitrogens with one attached hydrogen (secondary N) is 1. The van der Waals surface area contributed by atoms with Crippen molar-refractivity contribution in [2.45, 2.75) is 25.9 Å². The fraction of sp³-hybridized carbons (Fsp3) is 0.615. The molecule has 7 nitrogen and oxygen atoms in total. The van der Waals surface area contributed by atoms with Gasteiger partial charge in [0.05, 0.1) is 12.6 Å². The predicted octanol–water partition coefficient (Wildman–Crippen LogP) is 0.934. The lowest BCUT2D eigenvalue weighted by molar-refractivity contribution is 0.139. The minimum atomic E-state index is 0. The molecule has 0 amide bonds. The van der Waals surface area contributed by atoms with Gasteiger partial charge in [0.1, 0.15) is 5.82 Å². The Bertz CT molecular complexity index is 569. The van der Waals surface area contributed by atoms with Gasteiger partial charge in [-0.15, -0.1) is 12.4 Å². The summed E-state index contributed by atoms with van der Waals surface area (Å²) in [4.78, 5) is 11.2. The van der Waals surface area contributed by atoms with Crippen molar-refractivity contribution in [2.75, 3.05) is 19.6 Å². The van der Waals surface area contributed by atoms with E-state index in [1.54, 1.807) is 0 Å². The SMILES string of the molecule is CCc1nc(CN2CCNCC2c2nccn2C)no1.Cl. The molecule has 1 fully saturated rings. The standard InChI is InChI=1S/C13H20N6O.ClH/c1-3-12-16-11(17-20-12)9-19-7-4-14-8-10(19)13-15-5-6-18(13)2;/h5-6,10,14H,3-4,7-9H2,1-2H3;1H. The number of piperazine rings is 1. The summed E-state index contributed by atoms with van der Waals surface area (Å²) in [5, 5.41) is 7.47. The average molecular weight is 313 g/mol. The van der Waals surface area contributed by atoms with Crippen LogP contribution in [0.5, 0.6) is 0 Å². The normalized spacial score (nSPS) is 19.4. The Morgan fingerprint density at radius 1 is 1.48 bits per heavy atom. The topological polar surface area (TPSA) is 72.0 Å². The summed E-state index contributed by atoms with van der Waals surface area (Å²) < 4.78 is 7.25. The van der Waals surface area contributed by atoms with Crippen LogP contribution in [0, 0.1) is 0 Å². The maximum Gasteiger partial charge on any atom is 0.226 e. The van der Waals surface area contributed by atoms with Gasteiger partial charge >= 0.3 is 0 Å². The van der Waals surface area contributed by atoms with Crippen LogP contribution in [0.15, 0.2) is 16.9 Å². The van der Waals surface area contributed by atoms with E-state index < -0.39 is 0 Å². The first-order chi connectivity index (χ1) is 9.78. The van der Waals surface area contributed by atoms with Gasteiger partial charge in [0.25, 0.3) is 0 Å². The molecule has 1 saturated heterocycles. The van der Waals surface area contributed by atoms with E-state index in [-0.39, 0.29) is 18.4 Å². The lowest BCUT2D eigenvalue weighted by atomic mass is 10.1. The summed E-state index contributed by atoms with van der Waals surface area (Å²) in [6.07, 6.45) is 4.59. The van der Waals surface area contributed by atoms with Gasteiger partial charge in [-0.2, -0.15) is 4.98 Å². The molecular weight excluding hydrogens is 292 g/mol. The molecule has 1 unspecified atom stereocenters. The molecule has 1 N–H and O–H groups in total. The van der Waals surface area contributed by atoms with E-state index in [1.165, 1.54) is 0 Å². The Hall–Kier alpha value is -1.44. The maximum atomic E-state index is 5.18. The van der Waals surface area contributed by atoms with Crippen LogP contribution in [-0.4, -0.2) is 44.2 Å². The molecule has 0 saturated carbocycles. The minimum absolute atomic E-state index is 0. The molecule has 21 heavy (non-hydrogen) atoms. The Balaban J connectivity index is 0.00000161. The molecular formula is C13H21ClN6O. The molecule has 1 atom stereocenters. The molecule has 3 rings (SSSR count). The van der Waals surface area contributed by atoms with E-state index >= 15 is 0 Å². The summed E-state index contributed by atoms with van der Waals surface area (Å²) in [6.45, 7) is 5.53. The monoisotopic (exact) mass is 312 g/mol. The summed E-state index contributed by atoms with van der Waals surface area (Å²) in [7, 11) is 2.03. The zero-order valence-electron chi connectivity index (χ0n) is 12.3. The van der Waals surface area contributed by atoms with E-state index in [2.05, 4.69) is 29.9 Å². The lowest BCUT2D eigenvalue weighted by Crippen LogP contribution is -2.46. The second-order valence-electron chi connectivity index (χ2n) is 5.04. The first-order valence-corrected chi connectivity index (χ1v) is 7.01. The summed E-state index contributed by atoms with van der Waals surface area (Å²) in [6, 6.07) is 0.243. The van der Waals surface area contributed by atoms with E-state index in [4.69, 9.17) is 4.52 Å². The summed E-state index contributed by atoms with van der Waals surface area (Å²) >= 11 is 0. The molecule has 8 heteroatoms. The lowest BCUT2D eigenvalue weighted by Gasteiger charge is -2.34. The van der Waals surface area contributed by atoms with Gasteiger partial charge in [0.15, 0.2) is 5.82 Å². The van der Waals surface area contributed by atoms with Crippen LogP contribution in [0.4, 0.5) is 0 Å². The van der Waals surface area contributed by atoms with Gasteiger partial charge in [-0.1, -0.05) is 12.1 Å². The second kappa shape index (κ2) is 7.02. The van der Waals surface area contributed by atoms with Crippen molar-refractivity contribution in [3.63, 3.8) is 0 Å². The predicted molar refractivity (Wildman–Crippen MR) is 80.2 cm³/mol. The highest BCUT2D eigenvalue weighted by Crippen LogP contribution is 2.21. The van der Waals surface area contributed by atoms with Crippen LogP contribution in [0.3, 0.4) is 0 Å². The number of hydrogen-bond donors (Lipinski definition) is 1. The van der Waals surface area contributed by atoms with Crippen LogP contribution < -0.4 is 5.32 Å². The fourth-order valence-corrected chi connectivity index (χ4v) is 2.57. The number of rotatable bonds is 4. The second-order valence-corrected chi connectivity index (χ2v) is 5.04. The number of imidazole rings is 1. The first kappa shape index (κ1) is 15.9. The molecule has 2 aromatic rings. The molecule has 0 aliphatic carbocycles. The van der Waals surface area contributed by atoms with E-state index in [1.807, 2.05) is 26.4 Å². The molecule has 1 aliphatic heterocycles. The van der Waals surface area contributed by atoms with Crippen LogP contribution in [0.1, 0.15) is 30.5 Å². The molecule has 2 aromatic heterocycles. The highest BCUT2D eigenvalue weighted by Gasteiger charge is 2.27. The number of nitrogens with zero attached hydrogens (tertiary/aromatic N) is 5. The molecule has 0 bridgehead atoms. The van der Waals surface area contributed by atoms with Crippen molar-refractivity contribution in [1.29, 1.82) is 0 Å². The maximum absolute atomic E-state index is 5.18. The van der Waals surface area contributed by atoms with Gasteiger partial charge in [-0.25, -0.2) is 4.98 Å². The quantitative estimate of drug-likeness (QED) is 0.905. The highest BCUT2D eigenvalue weighted by atomic mass is 35.5. The third-order valence-electron chi connectivity index (χ3n) is 3.67. The highest BCUT2D eigenvalue weighted by molar-refractivity contribution is 5.85. The van der Waals surface area contributed by atoms with Crippen LogP contribution >= 0.6 is 12.4 Å². The van der Waals surface area contributed by atoms with Crippen LogP contribution in [-0.2, 0) is 20.0 Å². The van der Waals surface area contributed by atoms with Crippen molar-refractivity contribution < 1.29 is 4.52 Å². The van der Waals surface area contributed by atoms with Gasteiger partial charge in [0.2, 0.25) is 5.89 Å². The van der Waals surface area contributed by atoms with E-state index in [9.17, 15) is 0 Å². The minimum Gasteiger partial charge on any atom is -0.339 e. The number of hydrogen-bond acceptors (Lipinski definition) is 6. The number of halogens is 1. The van der Waals surface area contributed by atoms with Gasteiger partial charge in [-0.05, 0) is 0 Å². The zero-order valence-corrected chi connectivity index (χ0v) is 13.1. The van der Waals surface area contributed by atoms with E-state index in [0.717, 1.165) is 37.7 Å². The Kier molecular flexibility index (Phi) is 5.33. The Morgan fingerprint density at radius 3 is 3.00 bits per heavy atom. The summed E-state index contributed by atoms with van der Waals surface area (Å²) in [5.41, 5.74) is 0. The van der Waals surface area contributed by atoms with Gasteiger partial charge in [-0.3, -0.25) is 4.90 Å². The fourth-order valence-electron chi connectivity index (χ4n) is 2.57. The molecule has 3 heterocycles. The zero-order chi connectivity index (χ0) is 13.9. The van der Waals surface area contributed by atoms with Crippen molar-refractivity contribution in [3.8, 4) is 0 Å². The Morgan fingerprint density at radius 2 is 2.33 bits per heavy atom. The van der Waals surface area contributed by atoms with Gasteiger partial charge < -0.3 is 14.4 Å². The molecule has 1 aliphatic rings. The molecule has 0 aromatic carbocycles. The largest absolute Gasteiger partial charge is 0.339 e. The van der Waals surface area contributed by atoms with Crippen LogP contribution in [0.2, 0.25) is 0 Å².